The lowest BCUT2D eigenvalue weighted by Gasteiger charge is -2.47. The molecule has 208 valence electrons. The van der Waals surface area contributed by atoms with Crippen molar-refractivity contribution in [3.63, 3.8) is 0 Å². The van der Waals surface area contributed by atoms with Crippen molar-refractivity contribution in [2.24, 2.45) is 0 Å². The maximum atomic E-state index is 13.3. The summed E-state index contributed by atoms with van der Waals surface area (Å²) in [5, 5.41) is 12.4. The van der Waals surface area contributed by atoms with Crippen LogP contribution in [0.25, 0.3) is 11.1 Å². The fourth-order valence-corrected chi connectivity index (χ4v) is 5.26. The molecule has 1 saturated heterocycles. The summed E-state index contributed by atoms with van der Waals surface area (Å²) >= 11 is 0. The molecule has 40 heavy (non-hydrogen) atoms. The maximum absolute atomic E-state index is 13.3. The van der Waals surface area contributed by atoms with E-state index < -0.39 is 11.2 Å². The van der Waals surface area contributed by atoms with Gasteiger partial charge in [-0.2, -0.15) is 5.26 Å². The minimum Gasteiger partial charge on any atom is -0.366 e. The molecule has 3 aromatic rings. The third-order valence-electron chi connectivity index (χ3n) is 6.96. The second kappa shape index (κ2) is 10.5. The van der Waals surface area contributed by atoms with E-state index in [1.54, 1.807) is 12.3 Å². The van der Waals surface area contributed by atoms with Crippen molar-refractivity contribution in [1.29, 1.82) is 5.26 Å². The van der Waals surface area contributed by atoms with E-state index in [2.05, 4.69) is 16.4 Å². The number of nitrogens with zero attached hydrogens (tertiary/aromatic N) is 3. The molecule has 1 aliphatic rings. The van der Waals surface area contributed by atoms with Gasteiger partial charge in [0.15, 0.2) is 0 Å². The van der Waals surface area contributed by atoms with Crippen LogP contribution < -0.4 is 5.32 Å². The highest BCUT2D eigenvalue weighted by Gasteiger charge is 2.40. The molecule has 7 nitrogen and oxygen atoms in total. The van der Waals surface area contributed by atoms with Gasteiger partial charge in [0.2, 0.25) is 0 Å². The Morgan fingerprint density at radius 3 is 2.17 bits per heavy atom. The van der Waals surface area contributed by atoms with E-state index in [0.29, 0.717) is 35.5 Å². The summed E-state index contributed by atoms with van der Waals surface area (Å²) in [6, 6.07) is 16.8. The Bertz CT molecular complexity index is 1480. The van der Waals surface area contributed by atoms with E-state index in [9.17, 15) is 14.9 Å². The molecule has 1 aliphatic heterocycles. The Hall–Kier alpha value is -4.02. The van der Waals surface area contributed by atoms with Crippen molar-refractivity contribution in [3.8, 4) is 17.2 Å². The van der Waals surface area contributed by atoms with Crippen LogP contribution in [0.4, 0.5) is 5.69 Å². The average molecular weight is 539 g/mol. The van der Waals surface area contributed by atoms with Crippen LogP contribution in [-0.4, -0.2) is 46.0 Å². The van der Waals surface area contributed by atoms with Crippen molar-refractivity contribution in [2.45, 2.75) is 72.0 Å². The molecular formula is C33H38N4O3. The number of pyridine rings is 1. The normalized spacial score (nSPS) is 16.2. The first-order valence-electron chi connectivity index (χ1n) is 13.5. The number of benzene rings is 2. The molecule has 1 fully saturated rings. The van der Waals surface area contributed by atoms with E-state index in [-0.39, 0.29) is 17.2 Å². The van der Waals surface area contributed by atoms with Crippen LogP contribution in [0.15, 0.2) is 54.7 Å². The van der Waals surface area contributed by atoms with Crippen molar-refractivity contribution in [3.05, 3.63) is 82.7 Å². The van der Waals surface area contributed by atoms with Gasteiger partial charge in [0.1, 0.15) is 0 Å². The fourth-order valence-electron chi connectivity index (χ4n) is 5.26. The summed E-state index contributed by atoms with van der Waals surface area (Å²) in [4.78, 5) is 32.8. The van der Waals surface area contributed by atoms with Crippen molar-refractivity contribution in [2.75, 3.05) is 18.4 Å². The second-order valence-electron chi connectivity index (χ2n) is 12.8. The minimum atomic E-state index is -0.421. The highest BCUT2D eigenvalue weighted by Crippen LogP contribution is 2.31. The summed E-state index contributed by atoms with van der Waals surface area (Å²) in [7, 11) is 0. The van der Waals surface area contributed by atoms with Crippen molar-refractivity contribution >= 4 is 17.5 Å². The third kappa shape index (κ3) is 6.57. The number of aromatic nitrogens is 1. The van der Waals surface area contributed by atoms with E-state index in [4.69, 9.17) is 4.74 Å². The van der Waals surface area contributed by atoms with Crippen LogP contribution in [0.1, 0.15) is 86.0 Å². The number of ether oxygens (including phenoxy) is 1. The molecule has 0 atom stereocenters. The van der Waals surface area contributed by atoms with E-state index in [1.165, 1.54) is 0 Å². The molecular weight excluding hydrogens is 500 g/mol. The van der Waals surface area contributed by atoms with Crippen molar-refractivity contribution in [1.82, 2.24) is 9.88 Å². The summed E-state index contributed by atoms with van der Waals surface area (Å²) < 4.78 is 6.12. The number of carbonyl (C=O) groups excluding carboxylic acids is 2. The zero-order chi connectivity index (χ0) is 29.5. The molecule has 2 aromatic carbocycles. The molecule has 7 heteroatoms. The fraction of sp³-hybridized carbons (Fsp3) is 0.394. The van der Waals surface area contributed by atoms with Crippen LogP contribution in [-0.2, 0) is 10.2 Å². The molecule has 2 heterocycles. The zero-order valence-corrected chi connectivity index (χ0v) is 24.7. The highest BCUT2D eigenvalue weighted by molar-refractivity contribution is 6.05. The number of morpholine rings is 1. The van der Waals surface area contributed by atoms with Gasteiger partial charge in [0.25, 0.3) is 11.8 Å². The van der Waals surface area contributed by atoms with Gasteiger partial charge >= 0.3 is 0 Å². The Morgan fingerprint density at radius 1 is 0.975 bits per heavy atom. The van der Waals surface area contributed by atoms with Crippen molar-refractivity contribution < 1.29 is 14.3 Å². The lowest BCUT2D eigenvalue weighted by molar-refractivity contribution is -0.171. The van der Waals surface area contributed by atoms with Crippen LogP contribution >= 0.6 is 0 Å². The van der Waals surface area contributed by atoms with E-state index in [1.807, 2.05) is 103 Å². The predicted octanol–water partition coefficient (Wildman–Crippen LogP) is 6.51. The van der Waals surface area contributed by atoms with E-state index >= 15 is 0 Å². The minimum absolute atomic E-state index is 0.0268. The number of rotatable bonds is 4. The average Bonchev–Trinajstić information content (AvgIpc) is 2.87. The summed E-state index contributed by atoms with van der Waals surface area (Å²) in [6.45, 7) is 17.1. The number of aryl methyl sites for hydroxylation is 1. The Labute approximate surface area is 237 Å². The summed E-state index contributed by atoms with van der Waals surface area (Å²) in [6.07, 6.45) is 1.62. The maximum Gasteiger partial charge on any atom is 0.255 e. The second-order valence-corrected chi connectivity index (χ2v) is 12.8. The van der Waals surface area contributed by atoms with Crippen LogP contribution in [0.5, 0.6) is 0 Å². The number of hydrogen-bond donors (Lipinski definition) is 1. The van der Waals surface area contributed by atoms with Gasteiger partial charge in [0.05, 0.1) is 34.7 Å². The molecule has 2 amide bonds. The number of anilines is 1. The van der Waals surface area contributed by atoms with Gasteiger partial charge < -0.3 is 15.0 Å². The Kier molecular flexibility index (Phi) is 7.62. The molecule has 0 aliphatic carbocycles. The van der Waals surface area contributed by atoms with Crippen LogP contribution in [0.2, 0.25) is 0 Å². The number of carbonyl (C=O) groups is 2. The lowest BCUT2D eigenvalue weighted by Crippen LogP contribution is -2.58. The van der Waals surface area contributed by atoms with Gasteiger partial charge in [-0.25, -0.2) is 0 Å². The number of amides is 2. The predicted molar refractivity (Wildman–Crippen MR) is 157 cm³/mol. The molecule has 0 bridgehead atoms. The molecule has 0 saturated carbocycles. The smallest absolute Gasteiger partial charge is 0.255 e. The molecule has 4 rings (SSSR count). The Balaban J connectivity index is 1.55. The van der Waals surface area contributed by atoms with Gasteiger partial charge in [0, 0.05) is 35.5 Å². The first kappa shape index (κ1) is 29.0. The Morgan fingerprint density at radius 2 is 1.60 bits per heavy atom. The first-order valence-corrected chi connectivity index (χ1v) is 13.5. The molecule has 0 unspecified atom stereocenters. The standard InChI is InChI=1S/C33H38N4O3/c1-21-28(23-9-11-24(12-10-23)30(39)37-19-32(5,6)40-33(7,8)20-37)16-27(18-35-21)36-29(38)25-13-22(17-34)14-26(15-25)31(2,3)4/h9-16,18H,19-20H2,1-8H3,(H,36,38). The largest absolute Gasteiger partial charge is 0.366 e. The van der Waals surface area contributed by atoms with Gasteiger partial charge in [-0.15, -0.1) is 0 Å². The quantitative estimate of drug-likeness (QED) is 0.409. The third-order valence-corrected chi connectivity index (χ3v) is 6.96. The highest BCUT2D eigenvalue weighted by atomic mass is 16.5. The summed E-state index contributed by atoms with van der Waals surface area (Å²) in [5.74, 6) is -0.336. The zero-order valence-electron chi connectivity index (χ0n) is 24.7. The first-order chi connectivity index (χ1) is 18.6. The van der Waals surface area contributed by atoms with Gasteiger partial charge in [-0.1, -0.05) is 32.9 Å². The lowest BCUT2D eigenvalue weighted by atomic mass is 9.85. The number of nitriles is 1. The molecule has 0 radical (unpaired) electrons. The number of nitrogens with one attached hydrogen (secondary N) is 1. The SMILES string of the molecule is Cc1ncc(NC(=O)c2cc(C#N)cc(C(C)(C)C)c2)cc1-c1ccc(C(=O)N2CC(C)(C)OC(C)(C)C2)cc1. The van der Waals surface area contributed by atoms with Crippen LogP contribution in [0.3, 0.4) is 0 Å². The van der Waals surface area contributed by atoms with Gasteiger partial charge in [-0.3, -0.25) is 14.6 Å². The van der Waals surface area contributed by atoms with Gasteiger partial charge in [-0.05, 0) is 87.6 Å². The van der Waals surface area contributed by atoms with E-state index in [0.717, 1.165) is 22.4 Å². The van der Waals surface area contributed by atoms with Crippen LogP contribution in [0, 0.1) is 18.3 Å². The topological polar surface area (TPSA) is 95.3 Å². The molecule has 1 N–H and O–H groups in total. The molecule has 0 spiro atoms. The summed E-state index contributed by atoms with van der Waals surface area (Å²) in [5.41, 5.74) is 4.43. The molecule has 1 aromatic heterocycles. The monoisotopic (exact) mass is 538 g/mol. The number of hydrogen-bond acceptors (Lipinski definition) is 5.